The molecule has 0 aliphatic carbocycles. The molecule has 0 aromatic rings. The van der Waals surface area contributed by atoms with Gasteiger partial charge in [0.15, 0.2) is 0 Å². The second-order valence-electron chi connectivity index (χ2n) is 0.250. The predicted molar refractivity (Wildman–Crippen MR) is 16.9 cm³/mol. The zero-order valence-corrected chi connectivity index (χ0v) is 11.1. The molecule has 3 nitrogen and oxygen atoms in total. The molecule has 0 bridgehead atoms. The molecule has 0 heterocycles. The van der Waals surface area contributed by atoms with E-state index in [2.05, 4.69) is 0 Å². The molecular weight excluding hydrogens is 420 g/mol. The first-order valence-corrected chi connectivity index (χ1v) is 0.612. The van der Waals surface area contributed by atoms with E-state index in [0.717, 1.165) is 0 Å². The van der Waals surface area contributed by atoms with Gasteiger partial charge in [0.25, 0.3) is 0 Å². The minimum atomic E-state index is -2.33. The smallest absolute Gasteiger partial charge is 0.652 e. The van der Waals surface area contributed by atoms with Crippen LogP contribution in [0.25, 0.3) is 0 Å². The fourth-order valence-electron chi connectivity index (χ4n) is 0. The van der Waals surface area contributed by atoms with Crippen molar-refractivity contribution in [2.45, 2.75) is 0 Å². The molecule has 0 fully saturated rings. The standard InChI is InChI=1S/CH2O3.Bi.Cu.Sr/c2-1(3)4;;;/h(H2,2,3,4);;;/q;+3;2*+2/p-2. The Labute approximate surface area is 108 Å². The minimum absolute atomic E-state index is 0. The monoisotopic (exact) mass is 420 g/mol. The quantitative estimate of drug-likeness (QED) is 0.388. The molecule has 0 N–H and O–H groups in total. The van der Waals surface area contributed by atoms with Crippen molar-refractivity contribution in [1.29, 1.82) is 0 Å². The number of carboxylic acid groups (broad SMARTS) is 2. The molecule has 0 aliphatic rings. The van der Waals surface area contributed by atoms with Crippen LogP contribution in [0.5, 0.6) is 0 Å². The maximum absolute atomic E-state index is 8.33. The molecule has 0 atom stereocenters. The van der Waals surface area contributed by atoms with Crippen LogP contribution >= 0.6 is 0 Å². The van der Waals surface area contributed by atoms with Crippen LogP contribution in [0.4, 0.5) is 4.79 Å². The summed E-state index contributed by atoms with van der Waals surface area (Å²) in [5, 5.41) is 16.7. The Balaban J connectivity index is -0.0000000150. The van der Waals surface area contributed by atoms with Crippen LogP contribution < -0.4 is 10.2 Å². The van der Waals surface area contributed by atoms with Gasteiger partial charge in [-0.2, -0.15) is 0 Å². The Morgan fingerprint density at radius 2 is 1.29 bits per heavy atom. The topological polar surface area (TPSA) is 63.2 Å². The van der Waals surface area contributed by atoms with Crippen LogP contribution in [0.1, 0.15) is 0 Å². The van der Waals surface area contributed by atoms with Crippen molar-refractivity contribution in [3.05, 3.63) is 0 Å². The van der Waals surface area contributed by atoms with Gasteiger partial charge >= 0.3 is 88.8 Å². The summed E-state index contributed by atoms with van der Waals surface area (Å²) in [4.78, 5) is 8.33. The van der Waals surface area contributed by atoms with Gasteiger partial charge < -0.3 is 15.0 Å². The summed E-state index contributed by atoms with van der Waals surface area (Å²) in [6.45, 7) is 0. The summed E-state index contributed by atoms with van der Waals surface area (Å²) in [5.74, 6) is 0. The van der Waals surface area contributed by atoms with E-state index in [1.54, 1.807) is 0 Å². The van der Waals surface area contributed by atoms with Crippen molar-refractivity contribution in [3.63, 3.8) is 0 Å². The van der Waals surface area contributed by atoms with E-state index in [4.69, 9.17) is 15.0 Å². The molecule has 0 aromatic carbocycles. The number of rotatable bonds is 0. The second kappa shape index (κ2) is 15.7. The SMILES string of the molecule is O=C([O-])[O-].[Bi+3].[Cu+2].[Sr+2]. The molecule has 0 aliphatic heterocycles. The Kier molecular flexibility index (Phi) is 51.4. The van der Waals surface area contributed by atoms with Gasteiger partial charge in [-0.25, -0.2) is 0 Å². The van der Waals surface area contributed by atoms with Crippen LogP contribution in [0.3, 0.4) is 0 Å². The largest absolute Gasteiger partial charge is 3.00 e. The van der Waals surface area contributed by atoms with Gasteiger partial charge in [0.05, 0.1) is 0 Å². The van der Waals surface area contributed by atoms with Gasteiger partial charge in [0.2, 0.25) is 0 Å². The van der Waals surface area contributed by atoms with Gasteiger partial charge in [-0.15, -0.1) is 0 Å². The van der Waals surface area contributed by atoms with Crippen LogP contribution in [0, 0.1) is 0 Å². The molecule has 0 saturated heterocycles. The molecule has 0 unspecified atom stereocenters. The Hall–Kier alpha value is 2.15. The minimum Gasteiger partial charge on any atom is -0.652 e. The van der Waals surface area contributed by atoms with Crippen molar-refractivity contribution in [1.82, 2.24) is 0 Å². The Morgan fingerprint density at radius 1 is 1.29 bits per heavy atom. The maximum atomic E-state index is 8.33. The van der Waals surface area contributed by atoms with Crippen LogP contribution in [-0.4, -0.2) is 77.8 Å². The third-order valence-electron chi connectivity index (χ3n) is 0. The van der Waals surface area contributed by atoms with Crippen LogP contribution in [0.2, 0.25) is 0 Å². The summed E-state index contributed by atoms with van der Waals surface area (Å²) >= 11 is 0. The van der Waals surface area contributed by atoms with E-state index in [1.165, 1.54) is 0 Å². The van der Waals surface area contributed by atoms with E-state index in [-0.39, 0.29) is 88.8 Å². The molecule has 0 saturated carbocycles. The normalized spacial score (nSPS) is 3.43. The van der Waals surface area contributed by atoms with Gasteiger partial charge in [-0.05, 0) is 6.16 Å². The maximum Gasteiger partial charge on any atom is 3.00 e. The van der Waals surface area contributed by atoms with Crippen molar-refractivity contribution >= 4 is 77.8 Å². The number of carbonyl (C=O) groups is 1. The molecule has 0 rings (SSSR count). The van der Waals surface area contributed by atoms with E-state index in [9.17, 15) is 0 Å². The van der Waals surface area contributed by atoms with E-state index < -0.39 is 6.16 Å². The third kappa shape index (κ3) is 66.6. The molecular formula is CBiCuO3Sr+5. The number of hydrogen-bond donors (Lipinski definition) is 0. The van der Waals surface area contributed by atoms with E-state index in [1.807, 2.05) is 0 Å². The number of hydrogen-bond acceptors (Lipinski definition) is 3. The molecule has 35 valence electrons. The molecule has 7 heavy (non-hydrogen) atoms. The third-order valence-corrected chi connectivity index (χ3v) is 0. The van der Waals surface area contributed by atoms with Crippen molar-refractivity contribution < 1.29 is 32.1 Å². The predicted octanol–water partition coefficient (Wildman–Crippen LogP) is -3.21. The van der Waals surface area contributed by atoms with Gasteiger partial charge in [-0.1, -0.05) is 0 Å². The van der Waals surface area contributed by atoms with Crippen molar-refractivity contribution in [2.24, 2.45) is 0 Å². The first kappa shape index (κ1) is 22.9. The zero-order chi connectivity index (χ0) is 3.58. The summed E-state index contributed by atoms with van der Waals surface area (Å²) in [7, 11) is 0. The molecule has 0 aromatic heterocycles. The Morgan fingerprint density at radius 3 is 1.29 bits per heavy atom. The summed E-state index contributed by atoms with van der Waals surface area (Å²) < 4.78 is 0. The zero-order valence-electron chi connectivity index (χ0n) is 3.18. The van der Waals surface area contributed by atoms with E-state index >= 15 is 0 Å². The average Bonchev–Trinajstić information content (AvgIpc) is 0.811. The fourth-order valence-corrected chi connectivity index (χ4v) is 0. The van der Waals surface area contributed by atoms with E-state index in [0.29, 0.717) is 0 Å². The van der Waals surface area contributed by atoms with Gasteiger partial charge in [0.1, 0.15) is 0 Å². The first-order valence-electron chi connectivity index (χ1n) is 0.612. The van der Waals surface area contributed by atoms with Crippen molar-refractivity contribution in [3.8, 4) is 0 Å². The average molecular weight is 420 g/mol. The fraction of sp³-hybridized carbons (Fsp3) is 0. The second-order valence-corrected chi connectivity index (χ2v) is 0.250. The van der Waals surface area contributed by atoms with Gasteiger partial charge in [-0.3, -0.25) is 0 Å². The summed E-state index contributed by atoms with van der Waals surface area (Å²) in [6, 6.07) is 0. The molecule has 3 radical (unpaired) electrons. The van der Waals surface area contributed by atoms with Crippen LogP contribution in [-0.2, 0) is 17.1 Å². The van der Waals surface area contributed by atoms with Gasteiger partial charge in [0, 0.05) is 0 Å². The summed E-state index contributed by atoms with van der Waals surface area (Å²) in [6.07, 6.45) is -2.33. The molecule has 0 amide bonds. The van der Waals surface area contributed by atoms with Crippen molar-refractivity contribution in [2.75, 3.05) is 0 Å². The Bertz CT molecular complexity index is 37.9. The first-order chi connectivity index (χ1) is 1.73. The van der Waals surface area contributed by atoms with Crippen LogP contribution in [0.15, 0.2) is 0 Å². The number of carbonyl (C=O) groups excluding carboxylic acids is 1. The molecule has 6 heteroatoms. The molecule has 0 spiro atoms. The summed E-state index contributed by atoms with van der Waals surface area (Å²) in [5.41, 5.74) is 0.